The first-order valence-electron chi connectivity index (χ1n) is 9.04. The maximum atomic E-state index is 14.0. The van der Waals surface area contributed by atoms with E-state index < -0.39 is 27.6 Å². The zero-order valence-corrected chi connectivity index (χ0v) is 17.8. The van der Waals surface area contributed by atoms with Crippen molar-refractivity contribution in [3.63, 3.8) is 0 Å². The van der Waals surface area contributed by atoms with E-state index in [9.17, 15) is 22.0 Å². The minimum absolute atomic E-state index is 0.0642. The highest BCUT2D eigenvalue weighted by Gasteiger charge is 2.22. The number of hydroxylamine groups is 1. The lowest BCUT2D eigenvalue weighted by Gasteiger charge is -2.15. The molecule has 3 aromatic rings. The summed E-state index contributed by atoms with van der Waals surface area (Å²) in [6, 6.07) is 8.51. The van der Waals surface area contributed by atoms with Gasteiger partial charge in [0.05, 0.1) is 24.7 Å². The molecular weight excluding hydrogens is 430 g/mol. The highest BCUT2D eigenvalue weighted by Crippen LogP contribution is 2.21. The van der Waals surface area contributed by atoms with Gasteiger partial charge in [-0.3, -0.25) is 9.63 Å². The maximum Gasteiger partial charge on any atom is 0.264 e. The van der Waals surface area contributed by atoms with Gasteiger partial charge in [-0.1, -0.05) is 10.5 Å². The lowest BCUT2D eigenvalue weighted by Crippen LogP contribution is -2.26. The van der Waals surface area contributed by atoms with Crippen molar-refractivity contribution >= 4 is 21.7 Å². The van der Waals surface area contributed by atoms with Crippen molar-refractivity contribution in [3.8, 4) is 0 Å². The van der Waals surface area contributed by atoms with E-state index in [2.05, 4.69) is 10.4 Å². The molecule has 0 aliphatic rings. The second kappa shape index (κ2) is 8.92. The van der Waals surface area contributed by atoms with Crippen LogP contribution in [0.3, 0.4) is 0 Å². The molecule has 3 rings (SSSR count). The number of halogens is 2. The molecule has 0 atom stereocenters. The van der Waals surface area contributed by atoms with Crippen molar-refractivity contribution in [2.75, 3.05) is 19.5 Å². The number of carbonyl (C=O) groups is 1. The predicted molar refractivity (Wildman–Crippen MR) is 109 cm³/mol. The molecule has 0 saturated carbocycles. The number of rotatable bonds is 7. The molecular formula is C20H20F2N4O4S. The van der Waals surface area contributed by atoms with E-state index in [-0.39, 0.29) is 28.4 Å². The normalized spacial score (nSPS) is 11.7. The number of benzene rings is 2. The third-order valence-corrected chi connectivity index (χ3v) is 6.25. The fourth-order valence-corrected chi connectivity index (χ4v) is 3.83. The standard InChI is InChI=1S/C20H20F2N4O4S/c1-13-11-23-26(12-15-9-16(21)7-8-18(15)22)19(13)24-20(27)14-5-4-6-17(10-14)31(28,29)25(2)30-3/h4-11H,12H2,1-3H3,(H,24,27). The number of aryl methyl sites for hydroxylation is 1. The van der Waals surface area contributed by atoms with Gasteiger partial charge in [-0.05, 0) is 43.3 Å². The van der Waals surface area contributed by atoms with Crippen LogP contribution in [-0.4, -0.2) is 42.7 Å². The van der Waals surface area contributed by atoms with Gasteiger partial charge in [0.25, 0.3) is 15.9 Å². The summed E-state index contributed by atoms with van der Waals surface area (Å²) in [6.07, 6.45) is 1.47. The molecule has 0 fully saturated rings. The second-order valence-corrected chi connectivity index (χ2v) is 8.58. The van der Waals surface area contributed by atoms with Crippen LogP contribution >= 0.6 is 0 Å². The minimum Gasteiger partial charge on any atom is -0.307 e. The molecule has 0 radical (unpaired) electrons. The van der Waals surface area contributed by atoms with Gasteiger partial charge in [-0.25, -0.2) is 21.9 Å². The van der Waals surface area contributed by atoms with Crippen LogP contribution in [0.4, 0.5) is 14.6 Å². The average Bonchev–Trinajstić information content (AvgIpc) is 3.09. The highest BCUT2D eigenvalue weighted by molar-refractivity contribution is 7.89. The Morgan fingerprint density at radius 2 is 1.97 bits per heavy atom. The van der Waals surface area contributed by atoms with Crippen LogP contribution in [0.25, 0.3) is 0 Å². The van der Waals surface area contributed by atoms with E-state index in [1.54, 1.807) is 6.92 Å². The molecule has 0 unspecified atom stereocenters. The molecule has 1 heterocycles. The van der Waals surface area contributed by atoms with Gasteiger partial charge < -0.3 is 5.32 Å². The van der Waals surface area contributed by atoms with Crippen molar-refractivity contribution in [1.82, 2.24) is 14.2 Å². The number of nitrogens with zero attached hydrogens (tertiary/aromatic N) is 3. The molecule has 0 bridgehead atoms. The Bertz CT molecular complexity index is 1230. The quantitative estimate of drug-likeness (QED) is 0.559. The molecule has 2 aromatic carbocycles. The van der Waals surface area contributed by atoms with Gasteiger partial charge in [0.2, 0.25) is 0 Å². The summed E-state index contributed by atoms with van der Waals surface area (Å²) in [7, 11) is -1.50. The summed E-state index contributed by atoms with van der Waals surface area (Å²) in [6.45, 7) is 1.58. The molecule has 31 heavy (non-hydrogen) atoms. The van der Waals surface area contributed by atoms with Crippen LogP contribution in [0.15, 0.2) is 53.6 Å². The number of hydrogen-bond acceptors (Lipinski definition) is 5. The van der Waals surface area contributed by atoms with Crippen LogP contribution in [-0.2, 0) is 21.4 Å². The molecule has 8 nitrogen and oxygen atoms in total. The number of hydrogen-bond donors (Lipinski definition) is 1. The van der Waals surface area contributed by atoms with E-state index in [0.717, 1.165) is 18.2 Å². The molecule has 1 N–H and O–H groups in total. The first-order chi connectivity index (χ1) is 14.6. The first kappa shape index (κ1) is 22.5. The van der Waals surface area contributed by atoms with Crippen LogP contribution in [0.2, 0.25) is 0 Å². The van der Waals surface area contributed by atoms with E-state index in [1.807, 2.05) is 0 Å². The predicted octanol–water partition coefficient (Wildman–Crippen LogP) is 2.95. The molecule has 164 valence electrons. The molecule has 1 amide bonds. The van der Waals surface area contributed by atoms with Crippen molar-refractivity contribution in [3.05, 3.63) is 77.0 Å². The van der Waals surface area contributed by atoms with Crippen molar-refractivity contribution in [2.24, 2.45) is 0 Å². The van der Waals surface area contributed by atoms with Gasteiger partial charge in [0, 0.05) is 23.7 Å². The molecule has 0 spiro atoms. The lowest BCUT2D eigenvalue weighted by atomic mass is 10.2. The third-order valence-electron chi connectivity index (χ3n) is 4.57. The Balaban J connectivity index is 1.88. The van der Waals surface area contributed by atoms with Gasteiger partial charge in [-0.2, -0.15) is 5.10 Å². The monoisotopic (exact) mass is 450 g/mol. The zero-order chi connectivity index (χ0) is 22.8. The van der Waals surface area contributed by atoms with E-state index in [4.69, 9.17) is 4.84 Å². The van der Waals surface area contributed by atoms with E-state index in [1.165, 1.54) is 49.3 Å². The van der Waals surface area contributed by atoms with Gasteiger partial charge >= 0.3 is 0 Å². The van der Waals surface area contributed by atoms with Crippen LogP contribution in [0.5, 0.6) is 0 Å². The Labute approximate surface area is 178 Å². The summed E-state index contributed by atoms with van der Waals surface area (Å²) in [5, 5.41) is 6.77. The smallest absolute Gasteiger partial charge is 0.264 e. The number of nitrogens with one attached hydrogen (secondary N) is 1. The van der Waals surface area contributed by atoms with Gasteiger partial charge in [-0.15, -0.1) is 0 Å². The summed E-state index contributed by atoms with van der Waals surface area (Å²) in [5.74, 6) is -1.52. The number of carbonyl (C=O) groups excluding carboxylic acids is 1. The first-order valence-corrected chi connectivity index (χ1v) is 10.5. The molecule has 0 aliphatic carbocycles. The molecule has 0 saturated heterocycles. The highest BCUT2D eigenvalue weighted by atomic mass is 32.2. The Hall–Kier alpha value is -3.15. The van der Waals surface area contributed by atoms with E-state index >= 15 is 0 Å². The minimum atomic E-state index is -3.94. The van der Waals surface area contributed by atoms with Crippen LogP contribution < -0.4 is 5.32 Å². The summed E-state index contributed by atoms with van der Waals surface area (Å²) in [4.78, 5) is 17.4. The maximum absolute atomic E-state index is 14.0. The largest absolute Gasteiger partial charge is 0.307 e. The fourth-order valence-electron chi connectivity index (χ4n) is 2.81. The van der Waals surface area contributed by atoms with Crippen molar-refractivity contribution in [1.29, 1.82) is 0 Å². The molecule has 11 heteroatoms. The number of amides is 1. The number of sulfonamides is 1. The van der Waals surface area contributed by atoms with Crippen LogP contribution in [0, 0.1) is 18.6 Å². The summed E-state index contributed by atoms with van der Waals surface area (Å²) >= 11 is 0. The molecule has 1 aromatic heterocycles. The third kappa shape index (κ3) is 4.79. The van der Waals surface area contributed by atoms with Crippen molar-refractivity contribution < 1.29 is 26.8 Å². The SMILES string of the molecule is CON(C)S(=O)(=O)c1cccc(C(=O)Nc2c(C)cnn2Cc2cc(F)ccc2F)c1. The van der Waals surface area contributed by atoms with E-state index in [0.29, 0.717) is 10.0 Å². The summed E-state index contributed by atoms with van der Waals surface area (Å²) < 4.78 is 54.3. The topological polar surface area (TPSA) is 93.5 Å². The average molecular weight is 450 g/mol. The van der Waals surface area contributed by atoms with Crippen molar-refractivity contribution in [2.45, 2.75) is 18.4 Å². The number of anilines is 1. The van der Waals surface area contributed by atoms with Gasteiger partial charge in [0.15, 0.2) is 0 Å². The van der Waals surface area contributed by atoms with Crippen LogP contribution in [0.1, 0.15) is 21.5 Å². The second-order valence-electron chi connectivity index (χ2n) is 6.65. The zero-order valence-electron chi connectivity index (χ0n) is 17.0. The summed E-state index contributed by atoms with van der Waals surface area (Å²) in [5.41, 5.74) is 0.733. The fraction of sp³-hybridized carbons (Fsp3) is 0.200. The van der Waals surface area contributed by atoms with Gasteiger partial charge in [0.1, 0.15) is 17.5 Å². The Morgan fingerprint density at radius 1 is 1.23 bits per heavy atom. The Morgan fingerprint density at radius 3 is 2.68 bits per heavy atom. The number of aromatic nitrogens is 2. The Kier molecular flexibility index (Phi) is 6.48. The lowest BCUT2D eigenvalue weighted by molar-refractivity contribution is -0.0258. The molecule has 0 aliphatic heterocycles.